The zero-order valence-electron chi connectivity index (χ0n) is 17.8. The molecule has 160 valence electrons. The maximum Gasteiger partial charge on any atom is 0.228 e. The standard InChI is InChI=1S/C26H27FN2O2/c1-19(2)16-26(31)29(18-21-6-4-3-5-7-21)24-14-8-20(9-15-24)17-25(30)28-23-12-10-22(27)11-13-23/h3-15,19H,16-18H2,1-2H3,(H,28,30). The van der Waals surface area contributed by atoms with Crippen LogP contribution in [0.25, 0.3) is 0 Å². The molecule has 0 aromatic heterocycles. The zero-order valence-corrected chi connectivity index (χ0v) is 17.8. The van der Waals surface area contributed by atoms with Crippen molar-refractivity contribution in [3.8, 4) is 0 Å². The van der Waals surface area contributed by atoms with Gasteiger partial charge in [-0.25, -0.2) is 4.39 Å². The van der Waals surface area contributed by atoms with E-state index in [1.54, 1.807) is 4.90 Å². The fourth-order valence-electron chi connectivity index (χ4n) is 3.27. The molecule has 0 aliphatic rings. The van der Waals surface area contributed by atoms with Crippen molar-refractivity contribution in [3.63, 3.8) is 0 Å². The maximum atomic E-state index is 13.0. The Bertz CT molecular complexity index is 1000. The summed E-state index contributed by atoms with van der Waals surface area (Å²) < 4.78 is 13.0. The molecule has 3 rings (SSSR count). The molecule has 0 saturated carbocycles. The smallest absolute Gasteiger partial charge is 0.228 e. The van der Waals surface area contributed by atoms with E-state index in [0.717, 1.165) is 16.8 Å². The normalized spacial score (nSPS) is 10.7. The monoisotopic (exact) mass is 418 g/mol. The number of hydrogen-bond donors (Lipinski definition) is 1. The highest BCUT2D eigenvalue weighted by atomic mass is 19.1. The van der Waals surface area contributed by atoms with Crippen molar-refractivity contribution in [2.75, 3.05) is 10.2 Å². The fraction of sp³-hybridized carbons (Fsp3) is 0.231. The van der Waals surface area contributed by atoms with Gasteiger partial charge in [-0.05, 0) is 53.4 Å². The van der Waals surface area contributed by atoms with Crippen LogP contribution in [0.5, 0.6) is 0 Å². The number of amides is 2. The molecule has 0 atom stereocenters. The topological polar surface area (TPSA) is 49.4 Å². The lowest BCUT2D eigenvalue weighted by Gasteiger charge is -2.24. The summed E-state index contributed by atoms with van der Waals surface area (Å²) in [7, 11) is 0. The average molecular weight is 419 g/mol. The van der Waals surface area contributed by atoms with Gasteiger partial charge in [0.05, 0.1) is 13.0 Å². The van der Waals surface area contributed by atoms with Crippen LogP contribution in [-0.2, 0) is 22.6 Å². The Balaban J connectivity index is 1.70. The lowest BCUT2D eigenvalue weighted by Crippen LogP contribution is -2.31. The van der Waals surface area contributed by atoms with Crippen molar-refractivity contribution in [3.05, 3.63) is 95.8 Å². The molecule has 31 heavy (non-hydrogen) atoms. The zero-order chi connectivity index (χ0) is 22.2. The van der Waals surface area contributed by atoms with Gasteiger partial charge in [-0.2, -0.15) is 0 Å². The Labute approximate surface area is 182 Å². The van der Waals surface area contributed by atoms with E-state index in [1.807, 2.05) is 68.4 Å². The van der Waals surface area contributed by atoms with E-state index in [9.17, 15) is 14.0 Å². The molecule has 0 unspecified atom stereocenters. The van der Waals surface area contributed by atoms with Gasteiger partial charge in [0.15, 0.2) is 0 Å². The summed E-state index contributed by atoms with van der Waals surface area (Å²) in [6.45, 7) is 4.56. The predicted molar refractivity (Wildman–Crippen MR) is 122 cm³/mol. The highest BCUT2D eigenvalue weighted by Crippen LogP contribution is 2.21. The molecular formula is C26H27FN2O2. The molecule has 0 aliphatic heterocycles. The van der Waals surface area contributed by atoms with Crippen LogP contribution >= 0.6 is 0 Å². The number of halogens is 1. The lowest BCUT2D eigenvalue weighted by molar-refractivity contribution is -0.119. The van der Waals surface area contributed by atoms with E-state index in [4.69, 9.17) is 0 Å². The summed E-state index contributed by atoms with van der Waals surface area (Å²) in [6, 6.07) is 23.0. The minimum absolute atomic E-state index is 0.0701. The van der Waals surface area contributed by atoms with Crippen LogP contribution in [0.4, 0.5) is 15.8 Å². The molecule has 3 aromatic carbocycles. The Morgan fingerprint density at radius 3 is 2.13 bits per heavy atom. The molecule has 0 bridgehead atoms. The maximum absolute atomic E-state index is 13.0. The number of nitrogens with zero attached hydrogens (tertiary/aromatic N) is 1. The van der Waals surface area contributed by atoms with Gasteiger partial charge in [-0.15, -0.1) is 0 Å². The number of rotatable bonds is 8. The van der Waals surface area contributed by atoms with Crippen molar-refractivity contribution in [2.45, 2.75) is 33.2 Å². The first-order valence-corrected chi connectivity index (χ1v) is 10.4. The third-order valence-corrected chi connectivity index (χ3v) is 4.81. The lowest BCUT2D eigenvalue weighted by atomic mass is 10.1. The van der Waals surface area contributed by atoms with Gasteiger partial charge in [0.25, 0.3) is 0 Å². The Kier molecular flexibility index (Phi) is 7.55. The van der Waals surface area contributed by atoms with Gasteiger partial charge in [-0.1, -0.05) is 56.3 Å². The van der Waals surface area contributed by atoms with Crippen LogP contribution in [0.15, 0.2) is 78.9 Å². The second kappa shape index (κ2) is 10.5. The van der Waals surface area contributed by atoms with Gasteiger partial charge >= 0.3 is 0 Å². The Hall–Kier alpha value is -3.47. The predicted octanol–water partition coefficient (Wildman–Crippen LogP) is 5.59. The molecule has 0 spiro atoms. The first kappa shape index (κ1) is 22.2. The van der Waals surface area contributed by atoms with E-state index < -0.39 is 0 Å². The van der Waals surface area contributed by atoms with Crippen LogP contribution < -0.4 is 10.2 Å². The first-order chi connectivity index (χ1) is 14.9. The molecule has 5 heteroatoms. The Morgan fingerprint density at radius 1 is 0.871 bits per heavy atom. The van der Waals surface area contributed by atoms with E-state index in [0.29, 0.717) is 18.7 Å². The minimum atomic E-state index is -0.347. The van der Waals surface area contributed by atoms with Crippen LogP contribution in [0.2, 0.25) is 0 Å². The van der Waals surface area contributed by atoms with Crippen LogP contribution in [0, 0.1) is 11.7 Å². The molecule has 0 fully saturated rings. The number of anilines is 2. The number of carbonyl (C=O) groups excluding carboxylic acids is 2. The summed E-state index contributed by atoms with van der Waals surface area (Å²) in [4.78, 5) is 27.0. The van der Waals surface area contributed by atoms with Crippen LogP contribution in [0.1, 0.15) is 31.4 Å². The Morgan fingerprint density at radius 2 is 1.52 bits per heavy atom. The number of carbonyl (C=O) groups is 2. The fourth-order valence-corrected chi connectivity index (χ4v) is 3.27. The van der Waals surface area contributed by atoms with Crippen molar-refractivity contribution in [2.24, 2.45) is 5.92 Å². The molecule has 1 N–H and O–H groups in total. The molecule has 4 nitrogen and oxygen atoms in total. The van der Waals surface area contributed by atoms with Crippen molar-refractivity contribution >= 4 is 23.2 Å². The first-order valence-electron chi connectivity index (χ1n) is 10.4. The van der Waals surface area contributed by atoms with Gasteiger partial charge < -0.3 is 10.2 Å². The second-order valence-corrected chi connectivity index (χ2v) is 7.96. The number of nitrogens with one attached hydrogen (secondary N) is 1. The summed E-state index contributed by atoms with van der Waals surface area (Å²) in [5.41, 5.74) is 3.25. The van der Waals surface area contributed by atoms with Crippen molar-refractivity contribution < 1.29 is 14.0 Å². The third-order valence-electron chi connectivity index (χ3n) is 4.81. The quantitative estimate of drug-likeness (QED) is 0.519. The average Bonchev–Trinajstić information content (AvgIpc) is 2.74. The van der Waals surface area contributed by atoms with E-state index in [-0.39, 0.29) is 30.0 Å². The molecule has 0 radical (unpaired) electrons. The molecule has 0 saturated heterocycles. The number of hydrogen-bond acceptors (Lipinski definition) is 2. The summed E-state index contributed by atoms with van der Waals surface area (Å²) in [5, 5.41) is 2.76. The highest BCUT2D eigenvalue weighted by molar-refractivity contribution is 5.94. The molecule has 2 amide bonds. The van der Waals surface area contributed by atoms with Crippen LogP contribution in [-0.4, -0.2) is 11.8 Å². The van der Waals surface area contributed by atoms with Gasteiger partial charge in [-0.3, -0.25) is 9.59 Å². The molecule has 3 aromatic rings. The number of benzene rings is 3. The highest BCUT2D eigenvalue weighted by Gasteiger charge is 2.17. The van der Waals surface area contributed by atoms with E-state index >= 15 is 0 Å². The van der Waals surface area contributed by atoms with Crippen molar-refractivity contribution in [1.82, 2.24) is 0 Å². The minimum Gasteiger partial charge on any atom is -0.326 e. The van der Waals surface area contributed by atoms with Gasteiger partial charge in [0, 0.05) is 17.8 Å². The largest absolute Gasteiger partial charge is 0.326 e. The van der Waals surface area contributed by atoms with E-state index in [1.165, 1.54) is 24.3 Å². The summed E-state index contributed by atoms with van der Waals surface area (Å²) in [6.07, 6.45) is 0.658. The summed E-state index contributed by atoms with van der Waals surface area (Å²) >= 11 is 0. The second-order valence-electron chi connectivity index (χ2n) is 7.96. The van der Waals surface area contributed by atoms with Crippen LogP contribution in [0.3, 0.4) is 0 Å². The molecule has 0 heterocycles. The van der Waals surface area contributed by atoms with E-state index in [2.05, 4.69) is 5.32 Å². The summed E-state index contributed by atoms with van der Waals surface area (Å²) in [5.74, 6) is -0.196. The van der Waals surface area contributed by atoms with Gasteiger partial charge in [0.1, 0.15) is 5.82 Å². The molecule has 0 aliphatic carbocycles. The third kappa shape index (κ3) is 6.78. The van der Waals surface area contributed by atoms with Crippen molar-refractivity contribution in [1.29, 1.82) is 0 Å². The van der Waals surface area contributed by atoms with Gasteiger partial charge in [0.2, 0.25) is 11.8 Å². The SMILES string of the molecule is CC(C)CC(=O)N(Cc1ccccc1)c1ccc(CC(=O)Nc2ccc(F)cc2)cc1. The molecular weight excluding hydrogens is 391 g/mol.